The SMILES string of the molecule is CC(C)(C)C(N)CC(=O)N[C@H](Cc1cnc[nH]1)C(=O)O. The van der Waals surface area contributed by atoms with E-state index in [0.29, 0.717) is 5.69 Å². The van der Waals surface area contributed by atoms with E-state index in [2.05, 4.69) is 15.3 Å². The zero-order valence-corrected chi connectivity index (χ0v) is 12.0. The van der Waals surface area contributed by atoms with Crippen LogP contribution in [0.2, 0.25) is 0 Å². The van der Waals surface area contributed by atoms with Crippen LogP contribution in [0.5, 0.6) is 0 Å². The molecule has 7 nitrogen and oxygen atoms in total. The molecule has 0 fully saturated rings. The summed E-state index contributed by atoms with van der Waals surface area (Å²) in [6, 6.07) is -1.32. The van der Waals surface area contributed by atoms with Crippen molar-refractivity contribution in [2.45, 2.75) is 45.7 Å². The van der Waals surface area contributed by atoms with Crippen molar-refractivity contribution in [3.63, 3.8) is 0 Å². The predicted octanol–water partition coefficient (Wildman–Crippen LogP) is 0.285. The van der Waals surface area contributed by atoms with Crippen molar-refractivity contribution in [1.29, 1.82) is 0 Å². The number of amides is 1. The van der Waals surface area contributed by atoms with Gasteiger partial charge in [-0.3, -0.25) is 4.79 Å². The van der Waals surface area contributed by atoms with Crippen LogP contribution in [0.3, 0.4) is 0 Å². The van der Waals surface area contributed by atoms with Crippen LogP contribution in [0.25, 0.3) is 0 Å². The van der Waals surface area contributed by atoms with E-state index in [0.717, 1.165) is 0 Å². The number of hydrogen-bond donors (Lipinski definition) is 4. The lowest BCUT2D eigenvalue weighted by Gasteiger charge is -2.27. The first-order valence-electron chi connectivity index (χ1n) is 6.45. The zero-order valence-electron chi connectivity index (χ0n) is 12.0. The molecule has 1 aromatic heterocycles. The largest absolute Gasteiger partial charge is 0.480 e. The van der Waals surface area contributed by atoms with Gasteiger partial charge in [0, 0.05) is 30.8 Å². The normalized spacial score (nSPS) is 14.6. The van der Waals surface area contributed by atoms with Gasteiger partial charge in [0.1, 0.15) is 6.04 Å². The van der Waals surface area contributed by atoms with E-state index in [-0.39, 0.29) is 30.2 Å². The lowest BCUT2D eigenvalue weighted by molar-refractivity contribution is -0.141. The maximum atomic E-state index is 11.9. The minimum Gasteiger partial charge on any atom is -0.480 e. The van der Waals surface area contributed by atoms with E-state index in [9.17, 15) is 9.59 Å². The van der Waals surface area contributed by atoms with Crippen molar-refractivity contribution in [2.75, 3.05) is 0 Å². The molecule has 5 N–H and O–H groups in total. The van der Waals surface area contributed by atoms with Crippen molar-refractivity contribution in [1.82, 2.24) is 15.3 Å². The van der Waals surface area contributed by atoms with Crippen LogP contribution < -0.4 is 11.1 Å². The summed E-state index contributed by atoms with van der Waals surface area (Å²) in [7, 11) is 0. The quantitative estimate of drug-likeness (QED) is 0.597. The Morgan fingerprint density at radius 2 is 2.15 bits per heavy atom. The van der Waals surface area contributed by atoms with E-state index in [1.807, 2.05) is 20.8 Å². The lowest BCUT2D eigenvalue weighted by atomic mass is 9.85. The third-order valence-electron chi connectivity index (χ3n) is 3.13. The standard InChI is InChI=1S/C13H22N4O3/c1-13(2,3)10(14)5-11(18)17-9(12(19)20)4-8-6-15-7-16-8/h6-7,9-10H,4-5,14H2,1-3H3,(H,15,16)(H,17,18)(H,19,20)/t9-,10?/m1/s1. The van der Waals surface area contributed by atoms with E-state index >= 15 is 0 Å². The molecule has 0 spiro atoms. The van der Waals surface area contributed by atoms with Crippen LogP contribution in [0.1, 0.15) is 32.9 Å². The van der Waals surface area contributed by atoms with Gasteiger partial charge >= 0.3 is 5.97 Å². The summed E-state index contributed by atoms with van der Waals surface area (Å²) in [5.41, 5.74) is 6.36. The molecule has 20 heavy (non-hydrogen) atoms. The molecule has 1 unspecified atom stereocenters. The average Bonchev–Trinajstić information content (AvgIpc) is 2.79. The molecule has 0 saturated carbocycles. The molecule has 0 aliphatic heterocycles. The number of carboxylic acids is 1. The molecule has 0 aliphatic carbocycles. The Kier molecular flexibility index (Phi) is 5.26. The number of imidazole rings is 1. The number of hydrogen-bond acceptors (Lipinski definition) is 4. The molecule has 7 heteroatoms. The molecule has 1 rings (SSSR count). The fourth-order valence-corrected chi connectivity index (χ4v) is 1.58. The Bertz CT molecular complexity index is 451. The summed E-state index contributed by atoms with van der Waals surface area (Å²) >= 11 is 0. The summed E-state index contributed by atoms with van der Waals surface area (Å²) < 4.78 is 0. The summed E-state index contributed by atoms with van der Waals surface area (Å²) in [4.78, 5) is 29.7. The third kappa shape index (κ3) is 5.00. The number of carboxylic acid groups (broad SMARTS) is 1. The maximum Gasteiger partial charge on any atom is 0.326 e. The fourth-order valence-electron chi connectivity index (χ4n) is 1.58. The van der Waals surface area contributed by atoms with E-state index in [1.165, 1.54) is 12.5 Å². The summed E-state index contributed by atoms with van der Waals surface area (Å²) in [6.07, 6.45) is 3.25. The number of rotatable bonds is 6. The van der Waals surface area contributed by atoms with Gasteiger partial charge in [-0.25, -0.2) is 9.78 Å². The van der Waals surface area contributed by atoms with Crippen molar-refractivity contribution < 1.29 is 14.7 Å². The van der Waals surface area contributed by atoms with Gasteiger partial charge in [-0.15, -0.1) is 0 Å². The molecule has 0 radical (unpaired) electrons. The zero-order chi connectivity index (χ0) is 15.3. The van der Waals surface area contributed by atoms with Gasteiger partial charge in [0.05, 0.1) is 6.33 Å². The van der Waals surface area contributed by atoms with Crippen molar-refractivity contribution >= 4 is 11.9 Å². The second-order valence-electron chi connectivity index (χ2n) is 5.92. The summed E-state index contributed by atoms with van der Waals surface area (Å²) in [5.74, 6) is -1.45. The van der Waals surface area contributed by atoms with Gasteiger partial charge in [0.25, 0.3) is 0 Å². The molecule has 0 aliphatic rings. The van der Waals surface area contributed by atoms with Gasteiger partial charge in [-0.1, -0.05) is 20.8 Å². The van der Waals surface area contributed by atoms with Crippen molar-refractivity contribution in [3.05, 3.63) is 18.2 Å². The van der Waals surface area contributed by atoms with Gasteiger partial charge in [-0.05, 0) is 5.41 Å². The third-order valence-corrected chi connectivity index (χ3v) is 3.13. The Morgan fingerprint density at radius 1 is 1.50 bits per heavy atom. The molecule has 2 atom stereocenters. The second kappa shape index (κ2) is 6.51. The number of carbonyl (C=O) groups is 2. The predicted molar refractivity (Wildman–Crippen MR) is 73.9 cm³/mol. The van der Waals surface area contributed by atoms with Crippen LogP contribution in [0, 0.1) is 5.41 Å². The number of carbonyl (C=O) groups excluding carboxylic acids is 1. The number of aliphatic carboxylic acids is 1. The van der Waals surface area contributed by atoms with Gasteiger partial charge < -0.3 is 21.1 Å². The highest BCUT2D eigenvalue weighted by Gasteiger charge is 2.26. The number of nitrogens with zero attached hydrogens (tertiary/aromatic N) is 1. The molecule has 1 heterocycles. The van der Waals surface area contributed by atoms with Crippen molar-refractivity contribution in [3.8, 4) is 0 Å². The van der Waals surface area contributed by atoms with Gasteiger partial charge in [0.2, 0.25) is 5.91 Å². The monoisotopic (exact) mass is 282 g/mol. The first-order valence-corrected chi connectivity index (χ1v) is 6.45. The maximum absolute atomic E-state index is 11.9. The molecule has 0 aromatic carbocycles. The Labute approximate surface area is 118 Å². The number of nitrogens with two attached hydrogens (primary N) is 1. The lowest BCUT2D eigenvalue weighted by Crippen LogP contribution is -2.46. The number of nitrogens with one attached hydrogen (secondary N) is 2. The summed E-state index contributed by atoms with van der Waals surface area (Å²) in [6.45, 7) is 5.80. The Morgan fingerprint density at radius 3 is 2.60 bits per heavy atom. The van der Waals surface area contributed by atoms with Crippen LogP contribution >= 0.6 is 0 Å². The highest BCUT2D eigenvalue weighted by atomic mass is 16.4. The number of aromatic nitrogens is 2. The van der Waals surface area contributed by atoms with Crippen LogP contribution in [-0.2, 0) is 16.0 Å². The van der Waals surface area contributed by atoms with Crippen LogP contribution in [0.4, 0.5) is 0 Å². The molecule has 1 aromatic rings. The smallest absolute Gasteiger partial charge is 0.326 e. The van der Waals surface area contributed by atoms with Gasteiger partial charge in [-0.2, -0.15) is 0 Å². The highest BCUT2D eigenvalue weighted by molar-refractivity contribution is 5.84. The molecule has 1 amide bonds. The molecule has 112 valence electrons. The Balaban J connectivity index is 2.58. The van der Waals surface area contributed by atoms with E-state index in [4.69, 9.17) is 10.8 Å². The number of aromatic amines is 1. The fraction of sp³-hybridized carbons (Fsp3) is 0.615. The molecule has 0 bridgehead atoms. The van der Waals surface area contributed by atoms with Gasteiger partial charge in [0.15, 0.2) is 0 Å². The Hall–Kier alpha value is -1.89. The topological polar surface area (TPSA) is 121 Å². The van der Waals surface area contributed by atoms with Crippen molar-refractivity contribution in [2.24, 2.45) is 11.1 Å². The minimum atomic E-state index is -1.09. The van der Waals surface area contributed by atoms with E-state index < -0.39 is 12.0 Å². The average molecular weight is 282 g/mol. The number of H-pyrrole nitrogens is 1. The first kappa shape index (κ1) is 16.2. The second-order valence-corrected chi connectivity index (χ2v) is 5.92. The van der Waals surface area contributed by atoms with E-state index in [1.54, 1.807) is 0 Å². The van der Waals surface area contributed by atoms with Crippen LogP contribution in [-0.4, -0.2) is 39.0 Å². The molecular formula is C13H22N4O3. The molecular weight excluding hydrogens is 260 g/mol. The molecule has 0 saturated heterocycles. The minimum absolute atomic E-state index is 0.0935. The summed E-state index contributed by atoms with van der Waals surface area (Å²) in [5, 5.41) is 11.6. The van der Waals surface area contributed by atoms with Crippen LogP contribution in [0.15, 0.2) is 12.5 Å². The highest BCUT2D eigenvalue weighted by Crippen LogP contribution is 2.19. The first-order chi connectivity index (χ1) is 9.20.